The van der Waals surface area contributed by atoms with E-state index in [-0.39, 0.29) is 0 Å². The van der Waals surface area contributed by atoms with Gasteiger partial charge in [-0.1, -0.05) is 30.3 Å². The van der Waals surface area contributed by atoms with Crippen molar-refractivity contribution >= 4 is 0 Å². The smallest absolute Gasteiger partial charge is 0.0239 e. The lowest BCUT2D eigenvalue weighted by atomic mass is 9.90. The minimum absolute atomic E-state index is 0.835. The molecule has 2 aliphatic heterocycles. The highest BCUT2D eigenvalue weighted by atomic mass is 15.2. The Balaban J connectivity index is 1.65. The fourth-order valence-electron chi connectivity index (χ4n) is 3.89. The predicted molar refractivity (Wildman–Crippen MR) is 75.4 cm³/mol. The van der Waals surface area contributed by atoms with Crippen LogP contribution in [0.2, 0.25) is 0 Å². The number of benzene rings is 1. The molecule has 1 aromatic rings. The third-order valence-corrected chi connectivity index (χ3v) is 4.68. The monoisotopic (exact) mass is 244 g/mol. The van der Waals surface area contributed by atoms with Gasteiger partial charge in [-0.15, -0.1) is 0 Å². The highest BCUT2D eigenvalue weighted by Gasteiger charge is 2.39. The second-order valence-corrected chi connectivity index (χ2v) is 5.94. The molecule has 1 aromatic carbocycles. The Morgan fingerprint density at radius 2 is 1.78 bits per heavy atom. The second kappa shape index (κ2) is 5.41. The second-order valence-electron chi connectivity index (χ2n) is 5.94. The van der Waals surface area contributed by atoms with E-state index >= 15 is 0 Å². The summed E-state index contributed by atoms with van der Waals surface area (Å²) in [5, 5.41) is 3.35. The van der Waals surface area contributed by atoms with Gasteiger partial charge in [0.1, 0.15) is 0 Å². The molecule has 2 unspecified atom stereocenters. The van der Waals surface area contributed by atoms with Gasteiger partial charge in [-0.3, -0.25) is 4.90 Å². The number of rotatable bonds is 4. The first-order valence-electron chi connectivity index (χ1n) is 7.31. The van der Waals surface area contributed by atoms with Crippen molar-refractivity contribution in [2.75, 3.05) is 13.6 Å². The van der Waals surface area contributed by atoms with Gasteiger partial charge in [-0.2, -0.15) is 0 Å². The summed E-state index contributed by atoms with van der Waals surface area (Å²) in [5.41, 5.74) is 1.47. The SMILES string of the molecule is CNCC1CC2CCC(C1)N2Cc1ccccc1. The van der Waals surface area contributed by atoms with Crippen LogP contribution in [0.1, 0.15) is 31.2 Å². The molecule has 2 fully saturated rings. The van der Waals surface area contributed by atoms with Crippen LogP contribution >= 0.6 is 0 Å². The van der Waals surface area contributed by atoms with E-state index in [4.69, 9.17) is 0 Å². The largest absolute Gasteiger partial charge is 0.319 e. The molecule has 0 saturated carbocycles. The molecule has 2 nitrogen and oxygen atoms in total. The standard InChI is InChI=1S/C16H24N2/c1-17-11-14-9-15-7-8-16(10-14)18(15)12-13-5-3-2-4-6-13/h2-6,14-17H,7-12H2,1H3. The van der Waals surface area contributed by atoms with Gasteiger partial charge in [0.25, 0.3) is 0 Å². The highest BCUT2D eigenvalue weighted by molar-refractivity contribution is 5.15. The van der Waals surface area contributed by atoms with Crippen molar-refractivity contribution in [3.8, 4) is 0 Å². The Hall–Kier alpha value is -0.860. The minimum Gasteiger partial charge on any atom is -0.319 e. The van der Waals surface area contributed by atoms with Gasteiger partial charge in [-0.05, 0) is 50.8 Å². The van der Waals surface area contributed by atoms with Crippen LogP contribution in [-0.2, 0) is 6.54 Å². The summed E-state index contributed by atoms with van der Waals surface area (Å²) < 4.78 is 0. The molecule has 0 amide bonds. The third kappa shape index (κ3) is 2.45. The molecule has 2 heterocycles. The lowest BCUT2D eigenvalue weighted by molar-refractivity contribution is 0.0964. The molecule has 18 heavy (non-hydrogen) atoms. The quantitative estimate of drug-likeness (QED) is 0.876. The molecular formula is C16H24N2. The maximum absolute atomic E-state index is 3.35. The van der Waals surface area contributed by atoms with E-state index < -0.39 is 0 Å². The van der Waals surface area contributed by atoms with Crippen LogP contribution in [0.4, 0.5) is 0 Å². The Bertz CT molecular complexity index is 362. The number of piperidine rings is 1. The maximum atomic E-state index is 3.35. The molecule has 0 radical (unpaired) electrons. The molecule has 0 aliphatic carbocycles. The van der Waals surface area contributed by atoms with E-state index in [1.807, 2.05) is 0 Å². The topological polar surface area (TPSA) is 15.3 Å². The average Bonchev–Trinajstić information content (AvgIpc) is 2.63. The van der Waals surface area contributed by atoms with Crippen LogP contribution in [0.25, 0.3) is 0 Å². The third-order valence-electron chi connectivity index (χ3n) is 4.68. The molecule has 0 aromatic heterocycles. The van der Waals surface area contributed by atoms with Gasteiger partial charge in [0, 0.05) is 18.6 Å². The van der Waals surface area contributed by atoms with Crippen molar-refractivity contribution in [3.05, 3.63) is 35.9 Å². The van der Waals surface area contributed by atoms with Crippen molar-refractivity contribution in [2.24, 2.45) is 5.92 Å². The Labute approximate surface area is 110 Å². The van der Waals surface area contributed by atoms with E-state index in [9.17, 15) is 0 Å². The summed E-state index contributed by atoms with van der Waals surface area (Å²) in [7, 11) is 2.08. The molecule has 98 valence electrons. The van der Waals surface area contributed by atoms with Crippen molar-refractivity contribution in [3.63, 3.8) is 0 Å². The Morgan fingerprint density at radius 3 is 2.39 bits per heavy atom. The number of hydrogen-bond donors (Lipinski definition) is 1. The fourth-order valence-corrected chi connectivity index (χ4v) is 3.89. The first-order valence-corrected chi connectivity index (χ1v) is 7.31. The van der Waals surface area contributed by atoms with Crippen LogP contribution in [0.15, 0.2) is 30.3 Å². The highest BCUT2D eigenvalue weighted by Crippen LogP contribution is 2.39. The molecule has 1 N–H and O–H groups in total. The summed E-state index contributed by atoms with van der Waals surface area (Å²) in [6, 6.07) is 12.6. The van der Waals surface area contributed by atoms with E-state index in [1.165, 1.54) is 37.8 Å². The van der Waals surface area contributed by atoms with Crippen molar-refractivity contribution in [1.82, 2.24) is 10.2 Å². The molecule has 2 heteroatoms. The van der Waals surface area contributed by atoms with Crippen LogP contribution in [-0.4, -0.2) is 30.6 Å². The number of fused-ring (bicyclic) bond motifs is 2. The first kappa shape index (κ1) is 12.2. The maximum Gasteiger partial charge on any atom is 0.0239 e. The first-order chi connectivity index (χ1) is 8.86. The molecular weight excluding hydrogens is 220 g/mol. The van der Waals surface area contributed by atoms with Gasteiger partial charge < -0.3 is 5.32 Å². The predicted octanol–water partition coefficient (Wildman–Crippen LogP) is 2.65. The summed E-state index contributed by atoms with van der Waals surface area (Å²) in [6.07, 6.45) is 5.61. The van der Waals surface area contributed by atoms with Crippen molar-refractivity contribution in [2.45, 2.75) is 44.3 Å². The Kier molecular flexibility index (Phi) is 3.67. The zero-order valence-electron chi connectivity index (χ0n) is 11.3. The van der Waals surface area contributed by atoms with E-state index in [1.54, 1.807) is 0 Å². The molecule has 2 atom stereocenters. The van der Waals surface area contributed by atoms with Gasteiger partial charge in [-0.25, -0.2) is 0 Å². The van der Waals surface area contributed by atoms with E-state index in [0.717, 1.165) is 24.5 Å². The lowest BCUT2D eigenvalue weighted by Crippen LogP contribution is -2.44. The van der Waals surface area contributed by atoms with Gasteiger partial charge in [0.05, 0.1) is 0 Å². The van der Waals surface area contributed by atoms with Crippen LogP contribution in [0, 0.1) is 5.92 Å². The van der Waals surface area contributed by atoms with Gasteiger partial charge in [0.2, 0.25) is 0 Å². The zero-order valence-corrected chi connectivity index (χ0v) is 11.3. The number of hydrogen-bond acceptors (Lipinski definition) is 2. The molecule has 2 saturated heterocycles. The normalized spacial score (nSPS) is 31.7. The number of nitrogens with one attached hydrogen (secondary N) is 1. The molecule has 3 rings (SSSR count). The fraction of sp³-hybridized carbons (Fsp3) is 0.625. The minimum atomic E-state index is 0.835. The zero-order chi connectivity index (χ0) is 12.4. The van der Waals surface area contributed by atoms with Gasteiger partial charge >= 0.3 is 0 Å². The van der Waals surface area contributed by atoms with Crippen LogP contribution in [0.5, 0.6) is 0 Å². The van der Waals surface area contributed by atoms with Crippen LogP contribution in [0.3, 0.4) is 0 Å². The van der Waals surface area contributed by atoms with E-state index in [2.05, 4.69) is 47.6 Å². The Morgan fingerprint density at radius 1 is 1.11 bits per heavy atom. The van der Waals surface area contributed by atoms with E-state index in [0.29, 0.717) is 0 Å². The molecule has 2 bridgehead atoms. The summed E-state index contributed by atoms with van der Waals surface area (Å²) >= 11 is 0. The number of nitrogens with zero attached hydrogens (tertiary/aromatic N) is 1. The van der Waals surface area contributed by atoms with Crippen LogP contribution < -0.4 is 5.32 Å². The lowest BCUT2D eigenvalue weighted by Gasteiger charge is -2.39. The molecule has 2 aliphatic rings. The summed E-state index contributed by atoms with van der Waals surface area (Å²) in [4.78, 5) is 2.77. The average molecular weight is 244 g/mol. The van der Waals surface area contributed by atoms with Crippen molar-refractivity contribution in [1.29, 1.82) is 0 Å². The summed E-state index contributed by atoms with van der Waals surface area (Å²) in [5.74, 6) is 0.902. The van der Waals surface area contributed by atoms with Gasteiger partial charge in [0.15, 0.2) is 0 Å². The van der Waals surface area contributed by atoms with Crippen molar-refractivity contribution < 1.29 is 0 Å². The molecule has 0 spiro atoms. The summed E-state index contributed by atoms with van der Waals surface area (Å²) in [6.45, 7) is 2.36.